The summed E-state index contributed by atoms with van der Waals surface area (Å²) in [5, 5.41) is 3.19. The SMILES string of the molecule is Cn1c2c(c(=O)[nH]c1=O)[C@H](c1ccc(OC(=O)CC3=CC=CCC3)cc1)C1=C(N2)c2ccccc2C1=O. The van der Waals surface area contributed by atoms with Crippen LogP contribution in [0.1, 0.15) is 52.2 Å². The minimum absolute atomic E-state index is 0.174. The zero-order valence-corrected chi connectivity index (χ0v) is 20.0. The predicted molar refractivity (Wildman–Crippen MR) is 139 cm³/mol. The average molecular weight is 494 g/mol. The van der Waals surface area contributed by atoms with Crippen molar-refractivity contribution in [2.75, 3.05) is 5.32 Å². The number of Topliss-reactive ketones (excluding diaryl/α,β-unsaturated/α-hetero) is 1. The standard InChI is InChI=1S/C29H23N3O5/c1-32-27-24(28(35)31-29(32)36)22(23-25(30-27)19-9-5-6-10-20(19)26(23)34)17-11-13-18(14-12-17)37-21(33)15-16-7-3-2-4-8-16/h2-3,5-7,9-14,22,30H,4,8,15H2,1H3,(H,31,35,36)/t22-/m1/s1. The normalized spacial score (nSPS) is 17.5. The number of fused-ring (bicyclic) bond motifs is 3. The van der Waals surface area contributed by atoms with Crippen molar-refractivity contribution in [3.8, 4) is 5.75 Å². The number of nitrogens with zero attached hydrogens (tertiary/aromatic N) is 1. The number of esters is 1. The largest absolute Gasteiger partial charge is 0.426 e. The Kier molecular flexibility index (Phi) is 5.37. The quantitative estimate of drug-likeness (QED) is 0.423. The van der Waals surface area contributed by atoms with E-state index in [2.05, 4.69) is 16.4 Å². The van der Waals surface area contributed by atoms with E-state index in [1.165, 1.54) is 4.57 Å². The number of rotatable bonds is 4. The molecule has 0 spiro atoms. The van der Waals surface area contributed by atoms with E-state index in [1.807, 2.05) is 24.3 Å². The number of carbonyl (C=O) groups excluding carboxylic acids is 2. The van der Waals surface area contributed by atoms with E-state index < -0.39 is 17.2 Å². The van der Waals surface area contributed by atoms with E-state index in [1.54, 1.807) is 43.4 Å². The van der Waals surface area contributed by atoms with Crippen molar-refractivity contribution < 1.29 is 14.3 Å². The molecule has 1 aromatic heterocycles. The molecule has 0 fully saturated rings. The van der Waals surface area contributed by atoms with Crippen molar-refractivity contribution in [2.45, 2.75) is 25.2 Å². The van der Waals surface area contributed by atoms with Crippen LogP contribution in [0.5, 0.6) is 5.75 Å². The van der Waals surface area contributed by atoms with Gasteiger partial charge in [0.1, 0.15) is 11.6 Å². The zero-order chi connectivity index (χ0) is 25.7. The highest BCUT2D eigenvalue weighted by Gasteiger charge is 2.42. The summed E-state index contributed by atoms with van der Waals surface area (Å²) in [6, 6.07) is 14.0. The van der Waals surface area contributed by atoms with E-state index in [0.29, 0.717) is 34.0 Å². The Bertz CT molecular complexity index is 1690. The molecular weight excluding hydrogens is 470 g/mol. The molecule has 3 aliphatic rings. The van der Waals surface area contributed by atoms with Gasteiger partial charge in [-0.15, -0.1) is 0 Å². The summed E-state index contributed by atoms with van der Waals surface area (Å²) in [6.45, 7) is 0. The Morgan fingerprint density at radius 1 is 1.05 bits per heavy atom. The van der Waals surface area contributed by atoms with Crippen LogP contribution in [-0.4, -0.2) is 21.3 Å². The Morgan fingerprint density at radius 2 is 1.81 bits per heavy atom. The lowest BCUT2D eigenvalue weighted by Gasteiger charge is -2.29. The first-order chi connectivity index (χ1) is 17.9. The van der Waals surface area contributed by atoms with E-state index in [4.69, 9.17) is 4.74 Å². The van der Waals surface area contributed by atoms with Crippen LogP contribution < -0.4 is 21.3 Å². The van der Waals surface area contributed by atoms with Crippen molar-refractivity contribution in [2.24, 2.45) is 7.05 Å². The maximum atomic E-state index is 13.5. The number of aromatic amines is 1. The molecule has 37 heavy (non-hydrogen) atoms. The molecule has 0 saturated heterocycles. The molecule has 0 amide bonds. The molecule has 0 saturated carbocycles. The number of aromatic nitrogens is 2. The second-order valence-electron chi connectivity index (χ2n) is 9.31. The lowest BCUT2D eigenvalue weighted by molar-refractivity contribution is -0.133. The van der Waals surface area contributed by atoms with Crippen molar-refractivity contribution in [1.82, 2.24) is 9.55 Å². The number of ether oxygens (including phenoxy) is 1. The monoisotopic (exact) mass is 493 g/mol. The van der Waals surface area contributed by atoms with Crippen molar-refractivity contribution >= 4 is 23.3 Å². The molecule has 1 aliphatic heterocycles. The molecule has 1 atom stereocenters. The van der Waals surface area contributed by atoms with Gasteiger partial charge in [-0.05, 0) is 30.5 Å². The lowest BCUT2D eigenvalue weighted by Crippen LogP contribution is -2.37. The first-order valence-electron chi connectivity index (χ1n) is 12.1. The molecule has 2 aromatic carbocycles. The zero-order valence-electron chi connectivity index (χ0n) is 20.0. The topological polar surface area (TPSA) is 110 Å². The van der Waals surface area contributed by atoms with Gasteiger partial charge in [0, 0.05) is 29.7 Å². The molecule has 0 radical (unpaired) electrons. The molecule has 2 aliphatic carbocycles. The van der Waals surface area contributed by atoms with E-state index in [9.17, 15) is 19.2 Å². The number of H-pyrrole nitrogens is 1. The number of carbonyl (C=O) groups is 2. The summed E-state index contributed by atoms with van der Waals surface area (Å²) in [6.07, 6.45) is 7.92. The van der Waals surface area contributed by atoms with E-state index >= 15 is 0 Å². The molecule has 184 valence electrons. The van der Waals surface area contributed by atoms with Gasteiger partial charge in [-0.3, -0.25) is 23.9 Å². The number of hydrogen-bond acceptors (Lipinski definition) is 6. The highest BCUT2D eigenvalue weighted by atomic mass is 16.5. The van der Waals surface area contributed by atoms with Crippen LogP contribution in [-0.2, 0) is 11.8 Å². The molecule has 2 heterocycles. The van der Waals surface area contributed by atoms with Gasteiger partial charge in [-0.25, -0.2) is 4.79 Å². The molecule has 8 nitrogen and oxygen atoms in total. The van der Waals surface area contributed by atoms with Gasteiger partial charge in [0.15, 0.2) is 5.78 Å². The molecule has 2 N–H and O–H groups in total. The molecule has 6 rings (SSSR count). The summed E-state index contributed by atoms with van der Waals surface area (Å²) < 4.78 is 6.87. The van der Waals surface area contributed by atoms with Crippen LogP contribution in [0.3, 0.4) is 0 Å². The smallest absolute Gasteiger partial charge is 0.329 e. The average Bonchev–Trinajstić information content (AvgIpc) is 3.19. The third-order valence-corrected chi connectivity index (χ3v) is 7.05. The van der Waals surface area contributed by atoms with Crippen molar-refractivity contribution in [3.63, 3.8) is 0 Å². The summed E-state index contributed by atoms with van der Waals surface area (Å²) in [5.74, 6) is -0.524. The maximum absolute atomic E-state index is 13.5. The second-order valence-corrected chi connectivity index (χ2v) is 9.31. The van der Waals surface area contributed by atoms with Crippen LogP contribution in [0.4, 0.5) is 5.82 Å². The molecule has 8 heteroatoms. The minimum atomic E-state index is -0.717. The number of ketones is 1. The Hall–Kier alpha value is -4.72. The van der Waals surface area contributed by atoms with Crippen molar-refractivity contribution in [3.05, 3.63) is 121 Å². The Labute approximate surface area is 211 Å². The van der Waals surface area contributed by atoms with Gasteiger partial charge < -0.3 is 10.1 Å². The summed E-state index contributed by atoms with van der Waals surface area (Å²) in [4.78, 5) is 53.8. The predicted octanol–water partition coefficient (Wildman–Crippen LogP) is 3.81. The van der Waals surface area contributed by atoms with Gasteiger partial charge in [-0.1, -0.05) is 60.2 Å². The second kappa shape index (κ2) is 8.74. The molecule has 3 aromatic rings. The van der Waals surface area contributed by atoms with Crippen LogP contribution >= 0.6 is 0 Å². The number of allylic oxidation sites excluding steroid dienone is 4. The van der Waals surface area contributed by atoms with Gasteiger partial charge in [0.05, 0.1) is 17.7 Å². The lowest BCUT2D eigenvalue weighted by atomic mass is 9.81. The highest BCUT2D eigenvalue weighted by molar-refractivity contribution is 6.23. The fourth-order valence-electron chi connectivity index (χ4n) is 5.25. The summed E-state index contributed by atoms with van der Waals surface area (Å²) in [7, 11) is 1.56. The summed E-state index contributed by atoms with van der Waals surface area (Å²) >= 11 is 0. The van der Waals surface area contributed by atoms with Crippen molar-refractivity contribution in [1.29, 1.82) is 0 Å². The number of hydrogen-bond donors (Lipinski definition) is 2. The van der Waals surface area contributed by atoms with Gasteiger partial charge in [-0.2, -0.15) is 0 Å². The van der Waals surface area contributed by atoms with Crippen LogP contribution in [0.2, 0.25) is 0 Å². The third kappa shape index (κ3) is 3.78. The summed E-state index contributed by atoms with van der Waals surface area (Å²) in [5.41, 5.74) is 3.16. The highest BCUT2D eigenvalue weighted by Crippen LogP contribution is 2.47. The fourth-order valence-corrected chi connectivity index (χ4v) is 5.25. The first-order valence-corrected chi connectivity index (χ1v) is 12.1. The molecule has 0 unspecified atom stereocenters. The van der Waals surface area contributed by atoms with E-state index in [-0.39, 0.29) is 23.7 Å². The fraction of sp³-hybridized carbons (Fsp3) is 0.172. The number of anilines is 1. The molecule has 0 bridgehead atoms. The number of nitrogens with one attached hydrogen (secondary N) is 2. The van der Waals surface area contributed by atoms with Crippen LogP contribution in [0.25, 0.3) is 5.70 Å². The van der Waals surface area contributed by atoms with Gasteiger partial charge in [0.2, 0.25) is 0 Å². The van der Waals surface area contributed by atoms with E-state index in [0.717, 1.165) is 24.0 Å². The van der Waals surface area contributed by atoms with Crippen LogP contribution in [0.15, 0.2) is 87.5 Å². The maximum Gasteiger partial charge on any atom is 0.329 e. The van der Waals surface area contributed by atoms with Crippen LogP contribution in [0, 0.1) is 0 Å². The molecular formula is C29H23N3O5. The third-order valence-electron chi connectivity index (χ3n) is 7.05. The number of benzene rings is 2. The Balaban J connectivity index is 1.39. The Morgan fingerprint density at radius 3 is 2.54 bits per heavy atom. The van der Waals surface area contributed by atoms with Gasteiger partial charge >= 0.3 is 11.7 Å². The van der Waals surface area contributed by atoms with Gasteiger partial charge in [0.25, 0.3) is 5.56 Å². The first kappa shape index (κ1) is 22.7. The minimum Gasteiger partial charge on any atom is -0.426 e.